The Labute approximate surface area is 195 Å². The maximum Gasteiger partial charge on any atom is 0.414 e. The molecule has 2 aromatic carbocycles. The SMILES string of the molecule is COc1ccc2nccc(C=CC(=O)NCC3CN(c4ccc5c(c4)OCCO5)C(=O)O3)c2c1. The van der Waals surface area contributed by atoms with E-state index in [0.717, 1.165) is 16.5 Å². The van der Waals surface area contributed by atoms with Crippen LogP contribution in [-0.4, -0.2) is 56.5 Å². The van der Waals surface area contributed by atoms with E-state index < -0.39 is 12.2 Å². The van der Waals surface area contributed by atoms with E-state index in [-0.39, 0.29) is 12.5 Å². The lowest BCUT2D eigenvalue weighted by atomic mass is 10.1. The maximum absolute atomic E-state index is 12.4. The molecule has 174 valence electrons. The zero-order valence-electron chi connectivity index (χ0n) is 18.5. The van der Waals surface area contributed by atoms with Crippen LogP contribution in [0.3, 0.4) is 0 Å². The van der Waals surface area contributed by atoms with Gasteiger partial charge in [-0.15, -0.1) is 0 Å². The van der Waals surface area contributed by atoms with Crippen molar-refractivity contribution in [3.63, 3.8) is 0 Å². The van der Waals surface area contributed by atoms with Gasteiger partial charge in [-0.3, -0.25) is 14.7 Å². The van der Waals surface area contributed by atoms with Crippen LogP contribution in [0.4, 0.5) is 10.5 Å². The van der Waals surface area contributed by atoms with Crippen molar-refractivity contribution in [1.29, 1.82) is 0 Å². The van der Waals surface area contributed by atoms with Gasteiger partial charge in [0.25, 0.3) is 0 Å². The average Bonchev–Trinajstić information content (AvgIpc) is 3.25. The number of cyclic esters (lactones) is 1. The van der Waals surface area contributed by atoms with E-state index in [1.165, 1.54) is 11.0 Å². The third-order valence-electron chi connectivity index (χ3n) is 5.61. The minimum Gasteiger partial charge on any atom is -0.497 e. The van der Waals surface area contributed by atoms with Crippen molar-refractivity contribution in [2.75, 3.05) is 38.3 Å². The Morgan fingerprint density at radius 3 is 2.88 bits per heavy atom. The molecule has 1 saturated heterocycles. The quantitative estimate of drug-likeness (QED) is 0.563. The second-order valence-electron chi connectivity index (χ2n) is 7.81. The summed E-state index contributed by atoms with van der Waals surface area (Å²) in [6, 6.07) is 12.7. The molecule has 2 aliphatic rings. The standard InChI is InChI=1S/C25H23N3O6/c1-31-18-4-5-21-20(13-18)16(8-9-26-21)2-7-24(29)27-14-19-15-28(25(30)34-19)17-3-6-22-23(12-17)33-11-10-32-22/h2-9,12-13,19H,10-11,14-15H2,1H3,(H,27,29). The fraction of sp³-hybridized carbons (Fsp3) is 0.240. The first-order valence-electron chi connectivity index (χ1n) is 10.9. The molecule has 5 rings (SSSR count). The number of ether oxygens (including phenoxy) is 4. The lowest BCUT2D eigenvalue weighted by Gasteiger charge is -2.21. The van der Waals surface area contributed by atoms with Gasteiger partial charge in [-0.2, -0.15) is 0 Å². The van der Waals surface area contributed by atoms with Gasteiger partial charge in [0.1, 0.15) is 25.1 Å². The molecular weight excluding hydrogens is 438 g/mol. The molecule has 0 spiro atoms. The number of benzene rings is 2. The van der Waals surface area contributed by atoms with Crippen molar-refractivity contribution < 1.29 is 28.5 Å². The summed E-state index contributed by atoms with van der Waals surface area (Å²) < 4.78 is 21.8. The summed E-state index contributed by atoms with van der Waals surface area (Å²) in [6.07, 6.45) is 3.93. The fourth-order valence-electron chi connectivity index (χ4n) is 3.90. The third kappa shape index (κ3) is 4.45. The highest BCUT2D eigenvalue weighted by Crippen LogP contribution is 2.35. The molecule has 2 aliphatic heterocycles. The number of anilines is 1. The second-order valence-corrected chi connectivity index (χ2v) is 7.81. The predicted molar refractivity (Wildman–Crippen MR) is 125 cm³/mol. The summed E-state index contributed by atoms with van der Waals surface area (Å²) in [5.74, 6) is 1.67. The van der Waals surface area contributed by atoms with E-state index in [2.05, 4.69) is 10.3 Å². The Kier molecular flexibility index (Phi) is 5.90. The second kappa shape index (κ2) is 9.30. The largest absolute Gasteiger partial charge is 0.497 e. The van der Waals surface area contributed by atoms with E-state index in [0.29, 0.717) is 42.7 Å². The van der Waals surface area contributed by atoms with Gasteiger partial charge in [-0.25, -0.2) is 4.79 Å². The Hall–Kier alpha value is -4.27. The van der Waals surface area contributed by atoms with Crippen LogP contribution in [0, 0.1) is 0 Å². The monoisotopic (exact) mass is 461 g/mol. The van der Waals surface area contributed by atoms with Crippen LogP contribution in [0.15, 0.2) is 54.7 Å². The maximum atomic E-state index is 12.4. The number of hydrogen-bond acceptors (Lipinski definition) is 7. The molecule has 1 fully saturated rings. The van der Waals surface area contributed by atoms with E-state index >= 15 is 0 Å². The van der Waals surface area contributed by atoms with Gasteiger partial charge in [-0.05, 0) is 48.0 Å². The zero-order valence-corrected chi connectivity index (χ0v) is 18.5. The first-order valence-corrected chi connectivity index (χ1v) is 10.9. The number of carbonyl (C=O) groups is 2. The lowest BCUT2D eigenvalue weighted by molar-refractivity contribution is -0.116. The zero-order chi connectivity index (χ0) is 23.5. The van der Waals surface area contributed by atoms with Crippen LogP contribution in [0.1, 0.15) is 5.56 Å². The molecule has 1 atom stereocenters. The molecule has 2 amide bonds. The average molecular weight is 461 g/mol. The van der Waals surface area contributed by atoms with Gasteiger partial charge in [-0.1, -0.05) is 0 Å². The van der Waals surface area contributed by atoms with Gasteiger partial charge in [0.2, 0.25) is 5.91 Å². The van der Waals surface area contributed by atoms with E-state index in [9.17, 15) is 9.59 Å². The number of nitrogens with one attached hydrogen (secondary N) is 1. The van der Waals surface area contributed by atoms with Crippen LogP contribution in [-0.2, 0) is 9.53 Å². The Balaban J connectivity index is 1.20. The number of carbonyl (C=O) groups excluding carboxylic acids is 2. The van der Waals surface area contributed by atoms with Crippen molar-refractivity contribution in [2.45, 2.75) is 6.10 Å². The molecule has 0 saturated carbocycles. The van der Waals surface area contributed by atoms with E-state index in [1.807, 2.05) is 24.3 Å². The molecule has 1 N–H and O–H groups in total. The number of nitrogens with zero attached hydrogens (tertiary/aromatic N) is 2. The van der Waals surface area contributed by atoms with Gasteiger partial charge in [0.15, 0.2) is 11.5 Å². The Morgan fingerprint density at radius 2 is 2.03 bits per heavy atom. The minimum atomic E-state index is -0.469. The normalized spacial score (nSPS) is 17.1. The number of aromatic nitrogens is 1. The molecular formula is C25H23N3O6. The Morgan fingerprint density at radius 1 is 1.18 bits per heavy atom. The summed E-state index contributed by atoms with van der Waals surface area (Å²) >= 11 is 0. The number of hydrogen-bond donors (Lipinski definition) is 1. The molecule has 3 aromatic rings. The van der Waals surface area contributed by atoms with Crippen molar-refractivity contribution in [2.24, 2.45) is 0 Å². The number of amides is 2. The number of pyridine rings is 1. The number of rotatable bonds is 6. The smallest absolute Gasteiger partial charge is 0.414 e. The van der Waals surface area contributed by atoms with Gasteiger partial charge in [0.05, 0.1) is 31.4 Å². The van der Waals surface area contributed by atoms with Crippen LogP contribution >= 0.6 is 0 Å². The van der Waals surface area contributed by atoms with Crippen molar-refractivity contribution in [1.82, 2.24) is 10.3 Å². The molecule has 1 unspecified atom stereocenters. The van der Waals surface area contributed by atoms with Gasteiger partial charge in [0, 0.05) is 23.7 Å². The molecule has 0 radical (unpaired) electrons. The third-order valence-corrected chi connectivity index (χ3v) is 5.61. The highest BCUT2D eigenvalue weighted by molar-refractivity contribution is 5.96. The predicted octanol–water partition coefficient (Wildman–Crippen LogP) is 3.17. The van der Waals surface area contributed by atoms with E-state index in [4.69, 9.17) is 18.9 Å². The molecule has 1 aromatic heterocycles. The van der Waals surface area contributed by atoms with Crippen molar-refractivity contribution >= 4 is 34.7 Å². The molecule has 9 nitrogen and oxygen atoms in total. The first kappa shape index (κ1) is 21.6. The topological polar surface area (TPSA) is 99.2 Å². The van der Waals surface area contributed by atoms with Crippen LogP contribution in [0.25, 0.3) is 17.0 Å². The summed E-state index contributed by atoms with van der Waals surface area (Å²) in [6.45, 7) is 1.48. The van der Waals surface area contributed by atoms with E-state index in [1.54, 1.807) is 37.6 Å². The summed E-state index contributed by atoms with van der Waals surface area (Å²) in [7, 11) is 1.60. The van der Waals surface area contributed by atoms with Gasteiger partial charge < -0.3 is 24.3 Å². The fourth-order valence-corrected chi connectivity index (χ4v) is 3.90. The summed E-state index contributed by atoms with van der Waals surface area (Å²) in [4.78, 5) is 30.6. The first-order chi connectivity index (χ1) is 16.6. The Bertz CT molecular complexity index is 1270. The van der Waals surface area contributed by atoms with Crippen molar-refractivity contribution in [3.05, 3.63) is 60.3 Å². The van der Waals surface area contributed by atoms with Crippen molar-refractivity contribution in [3.8, 4) is 17.2 Å². The van der Waals surface area contributed by atoms with Crippen LogP contribution < -0.4 is 24.4 Å². The molecule has 0 aliphatic carbocycles. The van der Waals surface area contributed by atoms with Crippen LogP contribution in [0.2, 0.25) is 0 Å². The molecule has 34 heavy (non-hydrogen) atoms. The molecule has 3 heterocycles. The number of methoxy groups -OCH3 is 1. The number of fused-ring (bicyclic) bond motifs is 2. The van der Waals surface area contributed by atoms with Crippen LogP contribution in [0.5, 0.6) is 17.2 Å². The van der Waals surface area contributed by atoms with Gasteiger partial charge >= 0.3 is 6.09 Å². The summed E-state index contributed by atoms with van der Waals surface area (Å²) in [5.41, 5.74) is 2.31. The lowest BCUT2D eigenvalue weighted by Crippen LogP contribution is -2.33. The molecule has 0 bridgehead atoms. The molecule has 9 heteroatoms. The summed E-state index contributed by atoms with van der Waals surface area (Å²) in [5, 5.41) is 3.67. The highest BCUT2D eigenvalue weighted by Gasteiger charge is 2.33. The highest BCUT2D eigenvalue weighted by atomic mass is 16.6. The minimum absolute atomic E-state index is 0.195.